The van der Waals surface area contributed by atoms with Crippen molar-refractivity contribution in [3.63, 3.8) is 0 Å². The zero-order valence-corrected chi connectivity index (χ0v) is 11.0. The number of carbonyl (C=O) groups excluding carboxylic acids is 1. The van der Waals surface area contributed by atoms with E-state index >= 15 is 0 Å². The summed E-state index contributed by atoms with van der Waals surface area (Å²) in [6, 6.07) is 8.01. The van der Waals surface area contributed by atoms with E-state index in [9.17, 15) is 9.90 Å². The Morgan fingerprint density at radius 2 is 2.22 bits per heavy atom. The third kappa shape index (κ3) is 5.19. The second-order valence-electron chi connectivity index (χ2n) is 4.10. The smallest absolute Gasteiger partial charge is 0.308 e. The van der Waals surface area contributed by atoms with Gasteiger partial charge in [0.2, 0.25) is 0 Å². The first-order valence-electron chi connectivity index (χ1n) is 6.32. The van der Waals surface area contributed by atoms with Gasteiger partial charge in [0, 0.05) is 12.2 Å². The van der Waals surface area contributed by atoms with Crippen LogP contribution >= 0.6 is 0 Å². The Labute approximate surface area is 108 Å². The van der Waals surface area contributed by atoms with Crippen LogP contribution in [0.15, 0.2) is 24.3 Å². The van der Waals surface area contributed by atoms with Crippen molar-refractivity contribution >= 4 is 11.7 Å². The number of hydrogen-bond donors (Lipinski definition) is 2. The number of ether oxygens (including phenoxy) is 1. The highest BCUT2D eigenvalue weighted by atomic mass is 16.5. The van der Waals surface area contributed by atoms with Gasteiger partial charge in [0.1, 0.15) is 0 Å². The van der Waals surface area contributed by atoms with E-state index in [1.165, 1.54) is 5.56 Å². The largest absolute Gasteiger partial charge is 0.466 e. The minimum atomic E-state index is -0.727. The van der Waals surface area contributed by atoms with E-state index in [0.29, 0.717) is 13.2 Å². The lowest BCUT2D eigenvalue weighted by Gasteiger charge is -2.12. The molecule has 1 rings (SSSR count). The van der Waals surface area contributed by atoms with Gasteiger partial charge in [0.05, 0.1) is 19.1 Å². The van der Waals surface area contributed by atoms with Crippen molar-refractivity contribution in [1.29, 1.82) is 0 Å². The molecule has 0 bridgehead atoms. The maximum absolute atomic E-state index is 11.2. The van der Waals surface area contributed by atoms with Gasteiger partial charge in [-0.15, -0.1) is 0 Å². The highest BCUT2D eigenvalue weighted by molar-refractivity contribution is 5.70. The number of aliphatic hydroxyl groups excluding tert-OH is 1. The molecule has 1 aromatic carbocycles. The van der Waals surface area contributed by atoms with Crippen LogP contribution in [0.4, 0.5) is 5.69 Å². The zero-order chi connectivity index (χ0) is 13.4. The third-order valence-corrected chi connectivity index (χ3v) is 2.58. The van der Waals surface area contributed by atoms with Gasteiger partial charge in [-0.05, 0) is 31.0 Å². The summed E-state index contributed by atoms with van der Waals surface area (Å²) in [6.07, 6.45) is 0.268. The Bertz CT molecular complexity index is 379. The normalized spacial score (nSPS) is 11.9. The summed E-state index contributed by atoms with van der Waals surface area (Å²) in [5.41, 5.74) is 2.19. The molecular formula is C14H21NO3. The Morgan fingerprint density at radius 3 is 2.89 bits per heavy atom. The van der Waals surface area contributed by atoms with E-state index in [4.69, 9.17) is 4.74 Å². The molecule has 0 saturated heterocycles. The van der Waals surface area contributed by atoms with Crippen molar-refractivity contribution in [3.05, 3.63) is 29.8 Å². The molecule has 1 atom stereocenters. The highest BCUT2D eigenvalue weighted by Crippen LogP contribution is 2.11. The molecule has 0 amide bonds. The number of esters is 1. The summed E-state index contributed by atoms with van der Waals surface area (Å²) < 4.78 is 4.77. The number of aryl methyl sites for hydroxylation is 1. The zero-order valence-electron chi connectivity index (χ0n) is 11.0. The van der Waals surface area contributed by atoms with E-state index in [2.05, 4.69) is 18.3 Å². The average Bonchev–Trinajstić information content (AvgIpc) is 2.37. The van der Waals surface area contributed by atoms with E-state index in [0.717, 1.165) is 12.1 Å². The summed E-state index contributed by atoms with van der Waals surface area (Å²) in [5.74, 6) is -0.367. The van der Waals surface area contributed by atoms with Crippen LogP contribution in [0.25, 0.3) is 0 Å². The number of anilines is 1. The quantitative estimate of drug-likeness (QED) is 0.727. The maximum Gasteiger partial charge on any atom is 0.308 e. The van der Waals surface area contributed by atoms with Crippen molar-refractivity contribution in [2.45, 2.75) is 32.8 Å². The molecule has 0 aliphatic heterocycles. The van der Waals surface area contributed by atoms with E-state index in [1.54, 1.807) is 6.92 Å². The Kier molecular flexibility index (Phi) is 6.22. The van der Waals surface area contributed by atoms with Crippen molar-refractivity contribution in [3.8, 4) is 0 Å². The Balaban J connectivity index is 2.37. The lowest BCUT2D eigenvalue weighted by molar-refractivity contribution is -0.145. The van der Waals surface area contributed by atoms with E-state index < -0.39 is 6.10 Å². The topological polar surface area (TPSA) is 58.6 Å². The van der Waals surface area contributed by atoms with Crippen LogP contribution in [-0.2, 0) is 16.0 Å². The van der Waals surface area contributed by atoms with Crippen LogP contribution in [0.3, 0.4) is 0 Å². The van der Waals surface area contributed by atoms with Crippen LogP contribution < -0.4 is 5.32 Å². The van der Waals surface area contributed by atoms with Crippen molar-refractivity contribution in [1.82, 2.24) is 0 Å². The van der Waals surface area contributed by atoms with Crippen molar-refractivity contribution in [2.75, 3.05) is 18.5 Å². The molecule has 0 spiro atoms. The predicted octanol–water partition coefficient (Wildman–Crippen LogP) is 1.97. The van der Waals surface area contributed by atoms with Gasteiger partial charge in [0.25, 0.3) is 0 Å². The van der Waals surface area contributed by atoms with E-state index in [-0.39, 0.29) is 12.4 Å². The molecular weight excluding hydrogens is 230 g/mol. The van der Waals surface area contributed by atoms with Crippen LogP contribution in [-0.4, -0.2) is 30.3 Å². The molecule has 2 N–H and O–H groups in total. The van der Waals surface area contributed by atoms with Crippen LogP contribution in [0.5, 0.6) is 0 Å². The number of nitrogens with one attached hydrogen (secondary N) is 1. The summed E-state index contributed by atoms with van der Waals surface area (Å²) in [7, 11) is 0. The second-order valence-corrected chi connectivity index (χ2v) is 4.10. The van der Waals surface area contributed by atoms with Gasteiger partial charge in [-0.25, -0.2) is 0 Å². The fraction of sp³-hybridized carbons (Fsp3) is 0.500. The number of aliphatic hydroxyl groups is 1. The summed E-state index contributed by atoms with van der Waals surface area (Å²) >= 11 is 0. The summed E-state index contributed by atoms with van der Waals surface area (Å²) in [6.45, 7) is 4.52. The Hall–Kier alpha value is -1.55. The monoisotopic (exact) mass is 251 g/mol. The second kappa shape index (κ2) is 7.71. The van der Waals surface area contributed by atoms with Gasteiger partial charge in [-0.1, -0.05) is 19.1 Å². The average molecular weight is 251 g/mol. The first-order chi connectivity index (χ1) is 8.65. The first-order valence-corrected chi connectivity index (χ1v) is 6.32. The molecule has 0 fully saturated rings. The Morgan fingerprint density at radius 1 is 1.44 bits per heavy atom. The van der Waals surface area contributed by atoms with Crippen molar-refractivity contribution < 1.29 is 14.6 Å². The molecule has 4 nitrogen and oxygen atoms in total. The minimum Gasteiger partial charge on any atom is -0.466 e. The van der Waals surface area contributed by atoms with Crippen molar-refractivity contribution in [2.24, 2.45) is 0 Å². The molecule has 1 unspecified atom stereocenters. The lowest BCUT2D eigenvalue weighted by Crippen LogP contribution is -2.23. The SMILES string of the molecule is CCOC(=O)CC(O)CNc1cccc(CC)c1. The number of rotatable bonds is 7. The predicted molar refractivity (Wildman–Crippen MR) is 71.6 cm³/mol. The van der Waals surface area contributed by atoms with Crippen LogP contribution in [0.1, 0.15) is 25.8 Å². The first kappa shape index (κ1) is 14.5. The fourth-order valence-corrected chi connectivity index (χ4v) is 1.62. The molecule has 0 heterocycles. The lowest BCUT2D eigenvalue weighted by atomic mass is 10.1. The molecule has 0 aromatic heterocycles. The fourth-order valence-electron chi connectivity index (χ4n) is 1.62. The minimum absolute atomic E-state index is 0.0221. The molecule has 4 heteroatoms. The van der Waals surface area contributed by atoms with Gasteiger partial charge in [-0.2, -0.15) is 0 Å². The van der Waals surface area contributed by atoms with Crippen LogP contribution in [0.2, 0.25) is 0 Å². The van der Waals surface area contributed by atoms with Gasteiger partial charge in [-0.3, -0.25) is 4.79 Å². The maximum atomic E-state index is 11.2. The van der Waals surface area contributed by atoms with Gasteiger partial charge < -0.3 is 15.2 Å². The number of carbonyl (C=O) groups is 1. The molecule has 0 saturated carbocycles. The highest BCUT2D eigenvalue weighted by Gasteiger charge is 2.11. The van der Waals surface area contributed by atoms with Gasteiger partial charge >= 0.3 is 5.97 Å². The van der Waals surface area contributed by atoms with E-state index in [1.807, 2.05) is 18.2 Å². The molecule has 0 aliphatic rings. The standard InChI is InChI=1S/C14H21NO3/c1-3-11-6-5-7-12(8-11)15-10-13(16)9-14(17)18-4-2/h5-8,13,15-16H,3-4,9-10H2,1-2H3. The number of hydrogen-bond acceptors (Lipinski definition) is 4. The summed E-state index contributed by atoms with van der Waals surface area (Å²) in [5, 5.41) is 12.8. The molecule has 18 heavy (non-hydrogen) atoms. The number of benzene rings is 1. The third-order valence-electron chi connectivity index (χ3n) is 2.58. The molecule has 0 radical (unpaired) electrons. The van der Waals surface area contributed by atoms with Gasteiger partial charge in [0.15, 0.2) is 0 Å². The summed E-state index contributed by atoms with van der Waals surface area (Å²) in [4.78, 5) is 11.2. The molecule has 1 aromatic rings. The van der Waals surface area contributed by atoms with Crippen LogP contribution in [0, 0.1) is 0 Å². The molecule has 100 valence electrons. The molecule has 0 aliphatic carbocycles.